The number of halogens is 3. The number of nitrogens with zero attached hydrogens (tertiary/aromatic N) is 1. The number of rotatable bonds is 9. The first-order chi connectivity index (χ1) is 17.4. The monoisotopic (exact) mass is 495 g/mol. The summed E-state index contributed by atoms with van der Waals surface area (Å²) in [6.07, 6.45) is -2.24. The third-order valence-corrected chi connectivity index (χ3v) is 7.13. The van der Waals surface area contributed by atoms with Gasteiger partial charge in [0.1, 0.15) is 12.4 Å². The Morgan fingerprint density at radius 1 is 1.00 bits per heavy atom. The van der Waals surface area contributed by atoms with Gasteiger partial charge >= 0.3 is 6.18 Å². The molecule has 1 saturated carbocycles. The van der Waals surface area contributed by atoms with Gasteiger partial charge in [-0.1, -0.05) is 48.5 Å². The van der Waals surface area contributed by atoms with Gasteiger partial charge < -0.3 is 20.7 Å². The summed E-state index contributed by atoms with van der Waals surface area (Å²) < 4.78 is 45.5. The van der Waals surface area contributed by atoms with Crippen molar-refractivity contribution in [1.82, 2.24) is 10.2 Å². The molecule has 36 heavy (non-hydrogen) atoms. The van der Waals surface area contributed by atoms with Crippen molar-refractivity contribution in [2.24, 2.45) is 5.73 Å². The van der Waals surface area contributed by atoms with Crippen LogP contribution in [0.25, 0.3) is 11.1 Å². The number of ether oxygens (including phenoxy) is 1. The molecule has 0 spiro atoms. The second-order valence-electron chi connectivity index (χ2n) is 9.86. The Morgan fingerprint density at radius 2 is 1.78 bits per heavy atom. The van der Waals surface area contributed by atoms with E-state index < -0.39 is 11.7 Å². The van der Waals surface area contributed by atoms with Crippen LogP contribution in [-0.4, -0.2) is 43.2 Å². The lowest BCUT2D eigenvalue weighted by molar-refractivity contribution is -0.137. The van der Waals surface area contributed by atoms with Crippen molar-refractivity contribution in [3.05, 3.63) is 89.5 Å². The molecule has 0 radical (unpaired) electrons. The molecule has 0 aromatic heterocycles. The van der Waals surface area contributed by atoms with Crippen molar-refractivity contribution in [3.63, 3.8) is 0 Å². The predicted molar refractivity (Wildman–Crippen MR) is 136 cm³/mol. The molecule has 0 bridgehead atoms. The van der Waals surface area contributed by atoms with Crippen molar-refractivity contribution in [3.8, 4) is 16.9 Å². The molecule has 7 heteroatoms. The van der Waals surface area contributed by atoms with E-state index in [0.29, 0.717) is 35.9 Å². The first-order valence-electron chi connectivity index (χ1n) is 12.6. The van der Waals surface area contributed by atoms with E-state index in [1.807, 2.05) is 36.4 Å². The molecule has 3 aromatic rings. The number of likely N-dealkylation sites (tertiary alicyclic amines) is 1. The molecule has 4 nitrogen and oxygen atoms in total. The van der Waals surface area contributed by atoms with Gasteiger partial charge in [0.25, 0.3) is 0 Å². The average molecular weight is 496 g/mol. The van der Waals surface area contributed by atoms with Crippen molar-refractivity contribution in [1.29, 1.82) is 0 Å². The molecule has 3 N–H and O–H groups in total. The normalized spacial score (nSPS) is 22.1. The summed E-state index contributed by atoms with van der Waals surface area (Å²) in [5, 5.41) is 3.65. The maximum atomic E-state index is 13.1. The second kappa shape index (κ2) is 10.6. The molecule has 3 atom stereocenters. The minimum Gasteiger partial charge on any atom is -0.488 e. The van der Waals surface area contributed by atoms with Gasteiger partial charge in [0.05, 0.1) is 5.56 Å². The molecular formula is C29H32F3N3O. The molecule has 1 aliphatic carbocycles. The van der Waals surface area contributed by atoms with Crippen LogP contribution in [0.5, 0.6) is 5.75 Å². The third kappa shape index (κ3) is 6.09. The Hall–Kier alpha value is -2.87. The van der Waals surface area contributed by atoms with E-state index in [2.05, 4.69) is 22.3 Å². The zero-order valence-electron chi connectivity index (χ0n) is 20.2. The van der Waals surface area contributed by atoms with Crippen LogP contribution in [-0.2, 0) is 12.8 Å². The zero-order chi connectivity index (χ0) is 25.1. The van der Waals surface area contributed by atoms with E-state index >= 15 is 0 Å². The van der Waals surface area contributed by atoms with Crippen LogP contribution in [0.15, 0.2) is 72.8 Å². The molecule has 2 fully saturated rings. The van der Waals surface area contributed by atoms with E-state index in [4.69, 9.17) is 10.5 Å². The van der Waals surface area contributed by atoms with Crippen LogP contribution in [0.4, 0.5) is 13.2 Å². The van der Waals surface area contributed by atoms with Crippen molar-refractivity contribution < 1.29 is 17.9 Å². The minimum absolute atomic E-state index is 0.296. The maximum Gasteiger partial charge on any atom is 0.416 e. The summed E-state index contributed by atoms with van der Waals surface area (Å²) >= 11 is 0. The van der Waals surface area contributed by atoms with Gasteiger partial charge in [-0.15, -0.1) is 0 Å². The molecule has 1 saturated heterocycles. The largest absolute Gasteiger partial charge is 0.488 e. The fraction of sp³-hybridized carbons (Fsp3) is 0.379. The van der Waals surface area contributed by atoms with Crippen LogP contribution in [0.3, 0.4) is 0 Å². The maximum absolute atomic E-state index is 13.1. The molecule has 1 heterocycles. The van der Waals surface area contributed by atoms with E-state index in [1.54, 1.807) is 0 Å². The SMILES string of the molecule is NC1CCN(CCNC2CC2c2ccc(OCc3ccccc3)c(-c3ccc(C(F)(F)F)cc3)c2)C1. The summed E-state index contributed by atoms with van der Waals surface area (Å²) in [5.41, 5.74) is 9.08. The molecule has 3 unspecified atom stereocenters. The highest BCUT2D eigenvalue weighted by Crippen LogP contribution is 2.44. The Bertz CT molecular complexity index is 1150. The standard InChI is InChI=1S/C29H32F3N3O/c30-29(31,32)23-9-6-21(7-10-23)26-16-22(8-11-28(26)36-19-20-4-2-1-3-5-20)25-17-27(25)34-13-15-35-14-12-24(33)18-35/h1-11,16,24-25,27,34H,12-15,17-19,33H2. The Balaban J connectivity index is 1.30. The molecular weight excluding hydrogens is 463 g/mol. The summed E-state index contributed by atoms with van der Waals surface area (Å²) in [4.78, 5) is 2.40. The second-order valence-corrected chi connectivity index (χ2v) is 9.86. The van der Waals surface area contributed by atoms with Gasteiger partial charge in [-0.05, 0) is 60.3 Å². The smallest absolute Gasteiger partial charge is 0.416 e. The molecule has 0 amide bonds. The number of nitrogens with two attached hydrogens (primary N) is 1. The summed E-state index contributed by atoms with van der Waals surface area (Å²) in [5.74, 6) is 1.06. The molecule has 3 aromatic carbocycles. The van der Waals surface area contributed by atoms with Crippen molar-refractivity contribution in [2.75, 3.05) is 26.2 Å². The van der Waals surface area contributed by atoms with Crippen LogP contribution in [0, 0.1) is 0 Å². The van der Waals surface area contributed by atoms with Gasteiger partial charge in [-0.2, -0.15) is 13.2 Å². The van der Waals surface area contributed by atoms with Crippen LogP contribution in [0.1, 0.15) is 35.4 Å². The lowest BCUT2D eigenvalue weighted by Gasteiger charge is -2.16. The number of hydrogen-bond donors (Lipinski definition) is 2. The van der Waals surface area contributed by atoms with Gasteiger partial charge in [-0.3, -0.25) is 0 Å². The van der Waals surface area contributed by atoms with Gasteiger partial charge in [0.2, 0.25) is 0 Å². The number of benzene rings is 3. The molecule has 2 aliphatic rings. The topological polar surface area (TPSA) is 50.5 Å². The minimum atomic E-state index is -4.36. The fourth-order valence-corrected chi connectivity index (χ4v) is 4.97. The van der Waals surface area contributed by atoms with Gasteiger partial charge in [0, 0.05) is 43.2 Å². The highest BCUT2D eigenvalue weighted by molar-refractivity contribution is 5.72. The van der Waals surface area contributed by atoms with E-state index in [9.17, 15) is 13.2 Å². The molecule has 190 valence electrons. The van der Waals surface area contributed by atoms with Gasteiger partial charge in [0.15, 0.2) is 0 Å². The van der Waals surface area contributed by atoms with Crippen molar-refractivity contribution in [2.45, 2.75) is 43.6 Å². The van der Waals surface area contributed by atoms with E-state index in [0.717, 1.165) is 62.3 Å². The zero-order valence-corrected chi connectivity index (χ0v) is 20.2. The average Bonchev–Trinajstić information content (AvgIpc) is 3.53. The van der Waals surface area contributed by atoms with Crippen molar-refractivity contribution >= 4 is 0 Å². The number of alkyl halides is 3. The summed E-state index contributed by atoms with van der Waals surface area (Å²) in [6, 6.07) is 22.0. The predicted octanol–water partition coefficient (Wildman–Crippen LogP) is 5.43. The summed E-state index contributed by atoms with van der Waals surface area (Å²) in [6.45, 7) is 4.36. The Labute approximate surface area is 210 Å². The quantitative estimate of drug-likeness (QED) is 0.416. The van der Waals surface area contributed by atoms with Crippen LogP contribution in [0.2, 0.25) is 0 Å². The Kier molecular flexibility index (Phi) is 7.32. The number of nitrogens with one attached hydrogen (secondary N) is 1. The van der Waals surface area contributed by atoms with Crippen LogP contribution >= 0.6 is 0 Å². The lowest BCUT2D eigenvalue weighted by Crippen LogP contribution is -2.33. The van der Waals surface area contributed by atoms with Gasteiger partial charge in [-0.25, -0.2) is 0 Å². The first-order valence-corrected chi connectivity index (χ1v) is 12.6. The first kappa shape index (κ1) is 24.8. The third-order valence-electron chi connectivity index (χ3n) is 7.13. The van der Waals surface area contributed by atoms with E-state index in [1.165, 1.54) is 17.7 Å². The lowest BCUT2D eigenvalue weighted by atomic mass is 9.98. The van der Waals surface area contributed by atoms with E-state index in [-0.39, 0.29) is 0 Å². The summed E-state index contributed by atoms with van der Waals surface area (Å²) in [7, 11) is 0. The Morgan fingerprint density at radius 3 is 2.47 bits per heavy atom. The molecule has 5 rings (SSSR count). The van der Waals surface area contributed by atoms with Crippen LogP contribution < -0.4 is 15.8 Å². The number of hydrogen-bond acceptors (Lipinski definition) is 4. The molecule has 1 aliphatic heterocycles. The highest BCUT2D eigenvalue weighted by Gasteiger charge is 2.38. The fourth-order valence-electron chi connectivity index (χ4n) is 4.97. The highest BCUT2D eigenvalue weighted by atomic mass is 19.4.